The fraction of sp³-hybridized carbons (Fsp3) is 0.929. The van der Waals surface area contributed by atoms with Crippen LogP contribution in [0.5, 0.6) is 0 Å². The Morgan fingerprint density at radius 1 is 0.909 bits per heavy atom. The van der Waals surface area contributed by atoms with Crippen molar-refractivity contribution < 1.29 is 13.2 Å². The summed E-state index contributed by atoms with van der Waals surface area (Å²) < 4.78 is 28.7. The maximum Gasteiger partial charge on any atom is 0.282 e. The van der Waals surface area contributed by atoms with Crippen LogP contribution in [0.3, 0.4) is 0 Å². The minimum Gasteiger partial charge on any atom is -0.345 e. The number of hydrogen-bond donors (Lipinski definition) is 0. The normalized spacial score (nSPS) is 33.0. The Bertz CT molecular complexity index is 544. The van der Waals surface area contributed by atoms with Crippen LogP contribution in [0.4, 0.5) is 0 Å². The predicted octanol–water partition coefficient (Wildman–Crippen LogP) is -0.577. The topological polar surface area (TPSA) is 64.2 Å². The van der Waals surface area contributed by atoms with Crippen molar-refractivity contribution in [1.82, 2.24) is 18.4 Å². The first-order valence-electron chi connectivity index (χ1n) is 8.04. The van der Waals surface area contributed by atoms with Gasteiger partial charge in [-0.1, -0.05) is 0 Å². The zero-order chi connectivity index (χ0) is 16.0. The molecule has 126 valence electrons. The third-order valence-corrected chi connectivity index (χ3v) is 7.36. The highest BCUT2D eigenvalue weighted by Crippen LogP contribution is 2.41. The summed E-state index contributed by atoms with van der Waals surface area (Å²) in [7, 11) is 0.393. The first kappa shape index (κ1) is 16.2. The summed E-state index contributed by atoms with van der Waals surface area (Å²) in [5.41, 5.74) is -0.480. The van der Waals surface area contributed by atoms with Gasteiger partial charge >= 0.3 is 0 Å². The van der Waals surface area contributed by atoms with Crippen LogP contribution in [0.15, 0.2) is 0 Å². The van der Waals surface area contributed by atoms with E-state index in [0.29, 0.717) is 32.6 Å². The lowest BCUT2D eigenvalue weighted by atomic mass is 9.78. The van der Waals surface area contributed by atoms with Crippen molar-refractivity contribution in [1.29, 1.82) is 0 Å². The fourth-order valence-electron chi connectivity index (χ4n) is 3.86. The van der Waals surface area contributed by atoms with Gasteiger partial charge in [0.15, 0.2) is 0 Å². The summed E-state index contributed by atoms with van der Waals surface area (Å²) in [4.78, 5) is 16.4. The van der Waals surface area contributed by atoms with Gasteiger partial charge < -0.3 is 9.80 Å². The van der Waals surface area contributed by atoms with Crippen LogP contribution in [0.1, 0.15) is 19.3 Å². The van der Waals surface area contributed by atoms with Crippen LogP contribution in [0, 0.1) is 5.41 Å². The van der Waals surface area contributed by atoms with Crippen molar-refractivity contribution >= 4 is 16.1 Å². The monoisotopic (exact) mass is 330 g/mol. The van der Waals surface area contributed by atoms with Gasteiger partial charge in [-0.2, -0.15) is 17.0 Å². The number of likely N-dealkylation sites (tertiary alicyclic amines) is 1. The summed E-state index contributed by atoms with van der Waals surface area (Å²) >= 11 is 0. The van der Waals surface area contributed by atoms with E-state index in [1.165, 1.54) is 4.31 Å². The number of carbonyl (C=O) groups excluding carboxylic acids is 1. The largest absolute Gasteiger partial charge is 0.345 e. The van der Waals surface area contributed by atoms with Gasteiger partial charge in [0, 0.05) is 52.9 Å². The molecule has 0 saturated carbocycles. The molecule has 7 nitrogen and oxygen atoms in total. The van der Waals surface area contributed by atoms with Crippen LogP contribution >= 0.6 is 0 Å². The van der Waals surface area contributed by atoms with Crippen LogP contribution in [0.2, 0.25) is 0 Å². The number of carbonyl (C=O) groups is 1. The Balaban J connectivity index is 1.73. The van der Waals surface area contributed by atoms with E-state index in [0.717, 1.165) is 32.5 Å². The Morgan fingerprint density at radius 3 is 2.27 bits per heavy atom. The van der Waals surface area contributed by atoms with E-state index in [1.54, 1.807) is 9.21 Å². The van der Waals surface area contributed by atoms with Crippen LogP contribution in [-0.4, -0.2) is 92.6 Å². The average molecular weight is 330 g/mol. The Labute approximate surface area is 133 Å². The number of amides is 1. The molecule has 0 aromatic heterocycles. The highest BCUT2D eigenvalue weighted by Gasteiger charge is 2.51. The van der Waals surface area contributed by atoms with E-state index in [-0.39, 0.29) is 5.91 Å². The molecular weight excluding hydrogens is 304 g/mol. The van der Waals surface area contributed by atoms with Crippen molar-refractivity contribution in [3.8, 4) is 0 Å². The average Bonchev–Trinajstić information content (AvgIpc) is 2.91. The molecule has 1 amide bonds. The molecule has 3 rings (SSSR count). The molecule has 8 heteroatoms. The van der Waals surface area contributed by atoms with Crippen molar-refractivity contribution in [3.05, 3.63) is 0 Å². The summed E-state index contributed by atoms with van der Waals surface area (Å²) in [6.07, 6.45) is 2.43. The minimum atomic E-state index is -3.43. The molecule has 0 aromatic rings. The SMILES string of the molecule is CN1CCN(S(=O)(=O)N2CC[C@@]3(CCCN(C)C3=O)C2)CC1. The van der Waals surface area contributed by atoms with Crippen molar-refractivity contribution in [2.45, 2.75) is 19.3 Å². The quantitative estimate of drug-likeness (QED) is 0.680. The first-order valence-corrected chi connectivity index (χ1v) is 9.44. The van der Waals surface area contributed by atoms with Gasteiger partial charge in [0.25, 0.3) is 10.2 Å². The standard InChI is InChI=1S/C14H26N4O3S/c1-15-8-10-17(11-9-15)22(20,21)18-7-5-14(12-18)4-3-6-16(2)13(14)19/h3-12H2,1-2H3/t14-/m0/s1. The first-order chi connectivity index (χ1) is 10.3. The van der Waals surface area contributed by atoms with Gasteiger partial charge in [-0.3, -0.25) is 4.79 Å². The molecule has 3 heterocycles. The lowest BCUT2D eigenvalue weighted by Crippen LogP contribution is -2.53. The van der Waals surface area contributed by atoms with Gasteiger partial charge in [0.2, 0.25) is 5.91 Å². The smallest absolute Gasteiger partial charge is 0.282 e. The highest BCUT2D eigenvalue weighted by atomic mass is 32.2. The molecular formula is C14H26N4O3S. The molecule has 0 N–H and O–H groups in total. The van der Waals surface area contributed by atoms with E-state index >= 15 is 0 Å². The number of hydrogen-bond acceptors (Lipinski definition) is 4. The Hall–Kier alpha value is -0.700. The second kappa shape index (κ2) is 5.74. The Morgan fingerprint density at radius 2 is 1.59 bits per heavy atom. The van der Waals surface area contributed by atoms with Gasteiger partial charge in [0.05, 0.1) is 5.41 Å². The number of likely N-dealkylation sites (N-methyl/N-ethyl adjacent to an activating group) is 1. The maximum absolute atomic E-state index is 12.8. The lowest BCUT2D eigenvalue weighted by Gasteiger charge is -2.38. The fourth-order valence-corrected chi connectivity index (χ4v) is 5.54. The molecule has 0 bridgehead atoms. The number of rotatable bonds is 2. The van der Waals surface area contributed by atoms with Gasteiger partial charge in [-0.25, -0.2) is 0 Å². The van der Waals surface area contributed by atoms with Crippen molar-refractivity contribution in [3.63, 3.8) is 0 Å². The number of nitrogens with zero attached hydrogens (tertiary/aromatic N) is 4. The van der Waals surface area contributed by atoms with E-state index in [9.17, 15) is 13.2 Å². The van der Waals surface area contributed by atoms with Gasteiger partial charge in [0.1, 0.15) is 0 Å². The van der Waals surface area contributed by atoms with Gasteiger partial charge in [-0.05, 0) is 26.3 Å². The lowest BCUT2D eigenvalue weighted by molar-refractivity contribution is -0.143. The summed E-state index contributed by atoms with van der Waals surface area (Å²) in [6.45, 7) is 4.21. The summed E-state index contributed by atoms with van der Waals surface area (Å²) in [6, 6.07) is 0. The molecule has 0 aliphatic carbocycles. The molecule has 22 heavy (non-hydrogen) atoms. The van der Waals surface area contributed by atoms with Crippen molar-refractivity contribution in [2.75, 3.05) is 59.9 Å². The molecule has 3 aliphatic rings. The highest BCUT2D eigenvalue weighted by molar-refractivity contribution is 7.86. The Kier molecular flexibility index (Phi) is 4.22. The van der Waals surface area contributed by atoms with E-state index in [4.69, 9.17) is 0 Å². The second-order valence-electron chi connectivity index (χ2n) is 6.90. The van der Waals surface area contributed by atoms with Crippen LogP contribution < -0.4 is 0 Å². The molecule has 3 saturated heterocycles. The molecule has 1 spiro atoms. The predicted molar refractivity (Wildman–Crippen MR) is 83.5 cm³/mol. The zero-order valence-electron chi connectivity index (χ0n) is 13.5. The minimum absolute atomic E-state index is 0.120. The molecule has 3 fully saturated rings. The molecule has 0 radical (unpaired) electrons. The molecule has 0 aromatic carbocycles. The van der Waals surface area contributed by atoms with Crippen LogP contribution in [-0.2, 0) is 15.0 Å². The second-order valence-corrected chi connectivity index (χ2v) is 8.83. The summed E-state index contributed by atoms with van der Waals surface area (Å²) in [5.74, 6) is 0.120. The van der Waals surface area contributed by atoms with E-state index in [1.807, 2.05) is 14.1 Å². The third-order valence-electron chi connectivity index (χ3n) is 5.38. The third kappa shape index (κ3) is 2.66. The van der Waals surface area contributed by atoms with E-state index < -0.39 is 15.6 Å². The number of piperazine rings is 1. The molecule has 3 aliphatic heterocycles. The maximum atomic E-state index is 12.8. The zero-order valence-corrected chi connectivity index (χ0v) is 14.3. The number of piperidine rings is 1. The van der Waals surface area contributed by atoms with Crippen molar-refractivity contribution in [2.24, 2.45) is 5.41 Å². The van der Waals surface area contributed by atoms with Gasteiger partial charge in [-0.15, -0.1) is 0 Å². The molecule has 1 atom stereocenters. The van der Waals surface area contributed by atoms with Crippen LogP contribution in [0.25, 0.3) is 0 Å². The summed E-state index contributed by atoms with van der Waals surface area (Å²) in [5, 5.41) is 0. The van der Waals surface area contributed by atoms with E-state index in [2.05, 4.69) is 4.90 Å². The molecule has 0 unspecified atom stereocenters.